The van der Waals surface area contributed by atoms with E-state index < -0.39 is 0 Å². The van der Waals surface area contributed by atoms with Gasteiger partial charge in [0, 0.05) is 36.2 Å². The summed E-state index contributed by atoms with van der Waals surface area (Å²) in [6, 6.07) is 7.41. The lowest BCUT2D eigenvalue weighted by Gasteiger charge is -2.08. The summed E-state index contributed by atoms with van der Waals surface area (Å²) < 4.78 is 1.28. The smallest absolute Gasteiger partial charge is 0.149 e. The quantitative estimate of drug-likeness (QED) is 0.630. The molecule has 8 heteroatoms. The maximum absolute atomic E-state index is 5.23. The molecule has 0 saturated carbocycles. The predicted octanol–water partition coefficient (Wildman–Crippen LogP) is 3.95. The van der Waals surface area contributed by atoms with Crippen molar-refractivity contribution in [3.8, 4) is 0 Å². The molecule has 2 heterocycles. The van der Waals surface area contributed by atoms with Crippen LogP contribution in [-0.4, -0.2) is 18.6 Å². The Morgan fingerprint density at radius 3 is 1.45 bits per heavy atom. The molecule has 0 spiro atoms. The highest BCUT2D eigenvalue weighted by atomic mass is 33.1. The first-order valence-corrected chi connectivity index (χ1v) is 8.47. The predicted molar refractivity (Wildman–Crippen MR) is 96.1 cm³/mol. The number of hydrogen-bond donors (Lipinski definition) is 2. The van der Waals surface area contributed by atoms with E-state index >= 15 is 0 Å². The molecule has 2 aromatic rings. The normalized spacial score (nSPS) is 9.80. The molecule has 2 aromatic heterocycles. The lowest BCUT2D eigenvalue weighted by molar-refractivity contribution is 1.33. The second-order valence-electron chi connectivity index (χ2n) is 3.46. The summed E-state index contributed by atoms with van der Waals surface area (Å²) in [6.45, 7) is 0. The van der Waals surface area contributed by atoms with E-state index in [0.717, 1.165) is 11.4 Å². The van der Waals surface area contributed by atoms with Gasteiger partial charge in [0.25, 0.3) is 0 Å². The van der Waals surface area contributed by atoms with E-state index in [1.165, 1.54) is 21.6 Å². The zero-order valence-corrected chi connectivity index (χ0v) is 13.4. The molecule has 0 fully saturated rings. The standard InChI is InChI=1S/C12H10N4S4/c17-11(15-9-1-5-13-6-2-9)19-20-12(18)16-10-3-7-14-8-4-10/h1-8H,(H,13,15,17)(H,14,16,18). The van der Waals surface area contributed by atoms with E-state index in [1.807, 2.05) is 24.3 Å². The molecule has 0 atom stereocenters. The van der Waals surface area contributed by atoms with Crippen molar-refractivity contribution in [1.82, 2.24) is 9.97 Å². The zero-order valence-electron chi connectivity index (χ0n) is 10.1. The van der Waals surface area contributed by atoms with Crippen molar-refractivity contribution in [2.24, 2.45) is 0 Å². The second-order valence-corrected chi connectivity index (χ2v) is 6.95. The van der Waals surface area contributed by atoms with Gasteiger partial charge in [0.2, 0.25) is 0 Å². The van der Waals surface area contributed by atoms with Crippen molar-refractivity contribution in [1.29, 1.82) is 0 Å². The lowest BCUT2D eigenvalue weighted by Crippen LogP contribution is -2.06. The minimum absolute atomic E-state index is 0.639. The number of pyridine rings is 2. The molecular weight excluding hydrogens is 328 g/mol. The third-order valence-electron chi connectivity index (χ3n) is 2.05. The summed E-state index contributed by atoms with van der Waals surface area (Å²) in [4.78, 5) is 7.89. The van der Waals surface area contributed by atoms with Crippen LogP contribution in [0.25, 0.3) is 0 Å². The Bertz CT molecular complexity index is 523. The molecule has 0 radical (unpaired) electrons. The van der Waals surface area contributed by atoms with E-state index in [0.29, 0.717) is 8.64 Å². The van der Waals surface area contributed by atoms with E-state index in [1.54, 1.807) is 24.8 Å². The van der Waals surface area contributed by atoms with Gasteiger partial charge < -0.3 is 10.6 Å². The molecule has 0 aliphatic heterocycles. The number of hydrogen-bond acceptors (Lipinski definition) is 6. The van der Waals surface area contributed by atoms with Crippen LogP contribution in [-0.2, 0) is 0 Å². The van der Waals surface area contributed by atoms with Crippen LogP contribution in [0.1, 0.15) is 0 Å². The molecular formula is C12H10N4S4. The van der Waals surface area contributed by atoms with Crippen LogP contribution in [0.5, 0.6) is 0 Å². The molecule has 102 valence electrons. The molecule has 0 aromatic carbocycles. The summed E-state index contributed by atoms with van der Waals surface area (Å²) in [7, 11) is 2.79. The Morgan fingerprint density at radius 2 is 1.10 bits per heavy atom. The van der Waals surface area contributed by atoms with Crippen LogP contribution in [0.3, 0.4) is 0 Å². The molecule has 2 N–H and O–H groups in total. The van der Waals surface area contributed by atoms with Crippen LogP contribution in [0.15, 0.2) is 49.1 Å². The fraction of sp³-hybridized carbons (Fsp3) is 0. The van der Waals surface area contributed by atoms with Gasteiger partial charge in [-0.15, -0.1) is 0 Å². The van der Waals surface area contributed by atoms with Crippen LogP contribution < -0.4 is 10.6 Å². The van der Waals surface area contributed by atoms with Crippen LogP contribution >= 0.6 is 46.0 Å². The van der Waals surface area contributed by atoms with E-state index in [4.69, 9.17) is 24.4 Å². The summed E-state index contributed by atoms with van der Waals surface area (Å²) in [5.41, 5.74) is 1.82. The van der Waals surface area contributed by atoms with Gasteiger partial charge in [0.05, 0.1) is 0 Å². The van der Waals surface area contributed by atoms with Crippen LogP contribution in [0, 0.1) is 0 Å². The highest BCUT2D eigenvalue weighted by Crippen LogP contribution is 2.26. The second kappa shape index (κ2) is 8.15. The first-order valence-electron chi connectivity index (χ1n) is 5.50. The van der Waals surface area contributed by atoms with Crippen molar-refractivity contribution < 1.29 is 0 Å². The number of aromatic nitrogens is 2. The van der Waals surface area contributed by atoms with Gasteiger partial charge in [-0.25, -0.2) is 0 Å². The Hall–Kier alpha value is -1.22. The van der Waals surface area contributed by atoms with Gasteiger partial charge in [-0.1, -0.05) is 24.4 Å². The Labute approximate surface area is 135 Å². The molecule has 4 nitrogen and oxygen atoms in total. The van der Waals surface area contributed by atoms with Gasteiger partial charge in [-0.2, -0.15) is 0 Å². The average molecular weight is 339 g/mol. The number of rotatable bonds is 2. The van der Waals surface area contributed by atoms with Crippen molar-refractivity contribution in [3.05, 3.63) is 49.1 Å². The molecule has 0 unspecified atom stereocenters. The number of thiocarbonyl (C=S) groups is 2. The molecule has 0 amide bonds. The summed E-state index contributed by atoms with van der Waals surface area (Å²) in [6.07, 6.45) is 6.83. The fourth-order valence-corrected chi connectivity index (χ4v) is 3.25. The van der Waals surface area contributed by atoms with Gasteiger partial charge >= 0.3 is 0 Å². The topological polar surface area (TPSA) is 49.8 Å². The van der Waals surface area contributed by atoms with Crippen molar-refractivity contribution >= 4 is 66.0 Å². The Morgan fingerprint density at radius 1 is 0.750 bits per heavy atom. The first kappa shape index (κ1) is 15.2. The van der Waals surface area contributed by atoms with Crippen molar-refractivity contribution in [2.45, 2.75) is 0 Å². The maximum atomic E-state index is 5.23. The van der Waals surface area contributed by atoms with Crippen molar-refractivity contribution in [2.75, 3.05) is 10.6 Å². The van der Waals surface area contributed by atoms with Gasteiger partial charge in [-0.05, 0) is 45.9 Å². The van der Waals surface area contributed by atoms with Crippen LogP contribution in [0.2, 0.25) is 0 Å². The molecule has 0 aliphatic rings. The molecule has 20 heavy (non-hydrogen) atoms. The van der Waals surface area contributed by atoms with Crippen LogP contribution in [0.4, 0.5) is 11.4 Å². The number of nitrogens with zero attached hydrogens (tertiary/aromatic N) is 2. The Balaban J connectivity index is 1.75. The highest BCUT2D eigenvalue weighted by Gasteiger charge is 2.03. The molecule has 0 saturated heterocycles. The largest absolute Gasteiger partial charge is 0.340 e. The van der Waals surface area contributed by atoms with E-state index in [2.05, 4.69) is 20.6 Å². The minimum Gasteiger partial charge on any atom is -0.340 e. The average Bonchev–Trinajstić information content (AvgIpc) is 2.47. The zero-order chi connectivity index (χ0) is 14.2. The molecule has 0 bridgehead atoms. The monoisotopic (exact) mass is 338 g/mol. The fourth-order valence-electron chi connectivity index (χ4n) is 1.22. The maximum Gasteiger partial charge on any atom is 0.149 e. The molecule has 2 rings (SSSR count). The van der Waals surface area contributed by atoms with Gasteiger partial charge in [0.15, 0.2) is 0 Å². The van der Waals surface area contributed by atoms with E-state index in [9.17, 15) is 0 Å². The highest BCUT2D eigenvalue weighted by molar-refractivity contribution is 8.89. The lowest BCUT2D eigenvalue weighted by atomic mass is 10.4. The third kappa shape index (κ3) is 5.41. The van der Waals surface area contributed by atoms with Gasteiger partial charge in [0.1, 0.15) is 8.64 Å². The summed E-state index contributed by atoms with van der Waals surface area (Å²) in [5.74, 6) is 0. The number of anilines is 2. The minimum atomic E-state index is 0.639. The summed E-state index contributed by atoms with van der Waals surface area (Å²) >= 11 is 10.5. The summed E-state index contributed by atoms with van der Waals surface area (Å²) in [5, 5.41) is 6.19. The number of nitrogens with one attached hydrogen (secondary N) is 2. The van der Waals surface area contributed by atoms with Gasteiger partial charge in [-0.3, -0.25) is 9.97 Å². The first-order chi connectivity index (χ1) is 9.74. The SMILES string of the molecule is S=C(Nc1ccncc1)SSC(=S)Nc1ccncc1. The van der Waals surface area contributed by atoms with Crippen molar-refractivity contribution in [3.63, 3.8) is 0 Å². The molecule has 0 aliphatic carbocycles. The third-order valence-corrected chi connectivity index (χ3v) is 5.22. The van der Waals surface area contributed by atoms with E-state index in [-0.39, 0.29) is 0 Å². The Kier molecular flexibility index (Phi) is 6.19.